The summed E-state index contributed by atoms with van der Waals surface area (Å²) in [6.07, 6.45) is -0.758. The number of hydrogen-bond acceptors (Lipinski definition) is 8. The predicted molar refractivity (Wildman–Crippen MR) is 101 cm³/mol. The zero-order chi connectivity index (χ0) is 18.8. The largest absolute Gasteiger partial charge is 0.495 e. The van der Waals surface area contributed by atoms with Gasteiger partial charge in [0.2, 0.25) is 11.2 Å². The van der Waals surface area contributed by atoms with Gasteiger partial charge in [-0.15, -0.1) is 0 Å². The van der Waals surface area contributed by atoms with E-state index in [1.54, 1.807) is 32.4 Å². The number of ether oxygens (including phenoxy) is 4. The molecule has 0 saturated carbocycles. The minimum atomic E-state index is -0.758. The van der Waals surface area contributed by atoms with Crippen LogP contribution in [0.4, 0.5) is 5.13 Å². The molecule has 140 valence electrons. The van der Waals surface area contributed by atoms with E-state index in [0.717, 1.165) is 4.70 Å². The summed E-state index contributed by atoms with van der Waals surface area (Å²) in [5.74, 6) is 2.12. The molecule has 0 radical (unpaired) electrons. The van der Waals surface area contributed by atoms with Gasteiger partial charge in [0, 0.05) is 0 Å². The van der Waals surface area contributed by atoms with E-state index < -0.39 is 6.10 Å². The number of benzene rings is 2. The molecule has 1 aromatic heterocycles. The molecule has 2 heterocycles. The average molecular weight is 387 g/mol. The van der Waals surface area contributed by atoms with E-state index in [1.807, 2.05) is 18.2 Å². The number of carbonyl (C=O) groups is 1. The molecule has 0 fully saturated rings. The van der Waals surface area contributed by atoms with Crippen molar-refractivity contribution in [2.45, 2.75) is 6.10 Å². The van der Waals surface area contributed by atoms with Gasteiger partial charge in [-0.05, 0) is 24.3 Å². The molecule has 1 amide bonds. The average Bonchev–Trinajstić information content (AvgIpc) is 3.15. The Labute approximate surface area is 159 Å². The number of anilines is 1. The van der Waals surface area contributed by atoms with Gasteiger partial charge in [0.25, 0.3) is 5.91 Å². The maximum absolute atomic E-state index is 12.4. The molecule has 0 saturated heterocycles. The molecule has 3 aromatic rings. The molecular weight excluding hydrogens is 370 g/mol. The molecule has 1 aliphatic rings. The molecule has 4 rings (SSSR count). The Bertz CT molecular complexity index is 949. The summed E-state index contributed by atoms with van der Waals surface area (Å²) >= 11 is 1.34. The van der Waals surface area contributed by atoms with Crippen LogP contribution in [0, 0.1) is 0 Å². The van der Waals surface area contributed by atoms with Crippen molar-refractivity contribution in [3.8, 4) is 23.0 Å². The van der Waals surface area contributed by atoms with Crippen molar-refractivity contribution >= 4 is 32.6 Å². The first kappa shape index (κ1) is 17.2. The van der Waals surface area contributed by atoms with Crippen LogP contribution in [0.25, 0.3) is 10.2 Å². The van der Waals surface area contributed by atoms with Gasteiger partial charge in [-0.25, -0.2) is 4.98 Å². The maximum atomic E-state index is 12.4. The highest BCUT2D eigenvalue weighted by atomic mass is 32.1. The van der Waals surface area contributed by atoms with Crippen LogP contribution in [0.2, 0.25) is 0 Å². The second-order valence-corrected chi connectivity index (χ2v) is 6.64. The summed E-state index contributed by atoms with van der Waals surface area (Å²) in [6, 6.07) is 10.8. The highest BCUT2D eigenvalue weighted by molar-refractivity contribution is 7.22. The maximum Gasteiger partial charge on any atom is 0.283 e. The molecule has 0 aliphatic carbocycles. The van der Waals surface area contributed by atoms with Crippen molar-refractivity contribution < 1.29 is 23.7 Å². The number of fused-ring (bicyclic) bond motifs is 2. The zero-order valence-electron chi connectivity index (χ0n) is 14.6. The third-order valence-corrected chi connectivity index (χ3v) is 4.99. The van der Waals surface area contributed by atoms with E-state index in [2.05, 4.69) is 15.8 Å². The molecular formula is C18H17N3O5S. The highest BCUT2D eigenvalue weighted by Gasteiger charge is 2.27. The summed E-state index contributed by atoms with van der Waals surface area (Å²) in [5, 5.41) is 0.498. The number of nitrogens with one attached hydrogen (secondary N) is 2. The number of nitrogens with zero attached hydrogens (tertiary/aromatic N) is 1. The van der Waals surface area contributed by atoms with Gasteiger partial charge in [0.15, 0.2) is 11.5 Å². The monoisotopic (exact) mass is 387 g/mol. The molecule has 8 nitrogen and oxygen atoms in total. The highest BCUT2D eigenvalue weighted by Crippen LogP contribution is 2.38. The normalized spacial score (nSPS) is 15.3. The van der Waals surface area contributed by atoms with Crippen LogP contribution in [-0.2, 0) is 4.79 Å². The third kappa shape index (κ3) is 3.28. The Balaban J connectivity index is 1.46. The minimum absolute atomic E-state index is 0.131. The van der Waals surface area contributed by atoms with Gasteiger partial charge in [-0.1, -0.05) is 23.5 Å². The Morgan fingerprint density at radius 2 is 1.89 bits per heavy atom. The van der Waals surface area contributed by atoms with Crippen molar-refractivity contribution in [1.82, 2.24) is 10.4 Å². The second-order valence-electron chi connectivity index (χ2n) is 5.65. The lowest BCUT2D eigenvalue weighted by Gasteiger charge is -2.25. The van der Waals surface area contributed by atoms with Crippen LogP contribution in [0.3, 0.4) is 0 Å². The Morgan fingerprint density at radius 3 is 2.67 bits per heavy atom. The number of para-hydroxylation sites is 2. The van der Waals surface area contributed by atoms with Gasteiger partial charge in [0.05, 0.1) is 14.2 Å². The molecule has 9 heteroatoms. The van der Waals surface area contributed by atoms with Crippen molar-refractivity contribution in [2.75, 3.05) is 26.3 Å². The summed E-state index contributed by atoms with van der Waals surface area (Å²) in [7, 11) is 3.17. The van der Waals surface area contributed by atoms with Crippen molar-refractivity contribution in [3.05, 3.63) is 36.4 Å². The molecule has 0 bridgehead atoms. The topological polar surface area (TPSA) is 90.9 Å². The number of carbonyl (C=O) groups excluding carboxylic acids is 1. The van der Waals surface area contributed by atoms with Gasteiger partial charge in [-0.2, -0.15) is 0 Å². The quantitative estimate of drug-likeness (QED) is 0.650. The molecule has 1 aliphatic heterocycles. The smallest absolute Gasteiger partial charge is 0.283 e. The summed E-state index contributed by atoms with van der Waals surface area (Å²) < 4.78 is 22.7. The van der Waals surface area contributed by atoms with E-state index in [0.29, 0.717) is 33.6 Å². The second kappa shape index (κ2) is 7.20. The van der Waals surface area contributed by atoms with Crippen LogP contribution < -0.4 is 29.8 Å². The molecule has 2 aromatic carbocycles. The predicted octanol–water partition coefficient (Wildman–Crippen LogP) is 2.60. The fourth-order valence-electron chi connectivity index (χ4n) is 2.68. The van der Waals surface area contributed by atoms with Gasteiger partial charge in [-0.3, -0.25) is 15.6 Å². The van der Waals surface area contributed by atoms with E-state index in [9.17, 15) is 4.79 Å². The fraction of sp³-hybridized carbons (Fsp3) is 0.222. The number of thiazole rings is 1. The summed E-state index contributed by atoms with van der Waals surface area (Å²) in [4.78, 5) is 16.9. The van der Waals surface area contributed by atoms with Crippen LogP contribution in [-0.4, -0.2) is 37.8 Å². The SMILES string of the molecule is COc1ccc(OC)c2sc(NNC(=O)[C@H]3COc4ccccc4O3)nc12. The van der Waals surface area contributed by atoms with Gasteiger partial charge >= 0.3 is 0 Å². The lowest BCUT2D eigenvalue weighted by Crippen LogP contribution is -2.45. The number of aromatic nitrogens is 1. The first-order valence-electron chi connectivity index (χ1n) is 8.15. The van der Waals surface area contributed by atoms with Gasteiger partial charge in [0.1, 0.15) is 28.3 Å². The van der Waals surface area contributed by atoms with Crippen molar-refractivity contribution in [3.63, 3.8) is 0 Å². The molecule has 0 unspecified atom stereocenters. The van der Waals surface area contributed by atoms with E-state index in [1.165, 1.54) is 11.3 Å². The number of methoxy groups -OCH3 is 2. The Kier molecular flexibility index (Phi) is 4.59. The van der Waals surface area contributed by atoms with E-state index in [-0.39, 0.29) is 12.5 Å². The fourth-order valence-corrected chi connectivity index (χ4v) is 3.61. The third-order valence-electron chi connectivity index (χ3n) is 4.00. The first-order chi connectivity index (χ1) is 13.2. The first-order valence-corrected chi connectivity index (χ1v) is 8.97. The lowest BCUT2D eigenvalue weighted by molar-refractivity contribution is -0.129. The Morgan fingerprint density at radius 1 is 1.15 bits per heavy atom. The molecule has 0 spiro atoms. The Hall–Kier alpha value is -3.20. The molecule has 2 N–H and O–H groups in total. The van der Waals surface area contributed by atoms with Crippen molar-refractivity contribution in [1.29, 1.82) is 0 Å². The van der Waals surface area contributed by atoms with Crippen molar-refractivity contribution in [2.24, 2.45) is 0 Å². The minimum Gasteiger partial charge on any atom is -0.495 e. The molecule has 27 heavy (non-hydrogen) atoms. The van der Waals surface area contributed by atoms with E-state index in [4.69, 9.17) is 18.9 Å². The zero-order valence-corrected chi connectivity index (χ0v) is 15.5. The van der Waals surface area contributed by atoms with Crippen LogP contribution in [0.1, 0.15) is 0 Å². The number of hydrazine groups is 1. The van der Waals surface area contributed by atoms with Crippen LogP contribution >= 0.6 is 11.3 Å². The number of hydrogen-bond donors (Lipinski definition) is 2. The summed E-state index contributed by atoms with van der Waals surface area (Å²) in [5.41, 5.74) is 6.08. The number of amides is 1. The van der Waals surface area contributed by atoms with E-state index >= 15 is 0 Å². The molecule has 1 atom stereocenters. The van der Waals surface area contributed by atoms with Crippen LogP contribution in [0.5, 0.6) is 23.0 Å². The number of rotatable bonds is 5. The van der Waals surface area contributed by atoms with Gasteiger partial charge < -0.3 is 18.9 Å². The van der Waals surface area contributed by atoms with Crippen LogP contribution in [0.15, 0.2) is 36.4 Å². The standard InChI is InChI=1S/C18H17N3O5S/c1-23-12-7-8-13(24-2)16-15(12)19-18(27-16)21-20-17(22)14-9-25-10-5-3-4-6-11(10)26-14/h3-8,14H,9H2,1-2H3,(H,19,21)(H,20,22)/t14-/m1/s1. The lowest BCUT2D eigenvalue weighted by atomic mass is 10.2. The summed E-state index contributed by atoms with van der Waals surface area (Å²) in [6.45, 7) is 0.131.